The highest BCUT2D eigenvalue weighted by atomic mass is 16.8. The van der Waals surface area contributed by atoms with Crippen LogP contribution < -0.4 is 5.73 Å². The number of hydrogen-bond donors (Lipinski definition) is 1. The molecule has 1 aliphatic carbocycles. The van der Waals surface area contributed by atoms with Crippen LogP contribution in [0.1, 0.15) is 32.6 Å². The van der Waals surface area contributed by atoms with Gasteiger partial charge in [-0.05, 0) is 25.7 Å². The van der Waals surface area contributed by atoms with Crippen LogP contribution in [0.2, 0.25) is 0 Å². The monoisotopic (exact) mass is 283 g/mol. The van der Waals surface area contributed by atoms with E-state index in [1.807, 2.05) is 6.07 Å². The van der Waals surface area contributed by atoms with E-state index in [1.165, 1.54) is 6.92 Å². The molecule has 1 atom stereocenters. The van der Waals surface area contributed by atoms with Crippen LogP contribution in [0.3, 0.4) is 0 Å². The second kappa shape index (κ2) is 5.56. The molecular formula is C14H13N5O2. The molecule has 0 aromatic rings. The van der Waals surface area contributed by atoms with Crippen molar-refractivity contribution in [2.24, 2.45) is 10.9 Å². The molecule has 1 aliphatic heterocycles. The Balaban J connectivity index is 2.42. The first-order valence-corrected chi connectivity index (χ1v) is 6.44. The Hall–Kier alpha value is -2.98. The van der Waals surface area contributed by atoms with Crippen molar-refractivity contribution >= 4 is 5.71 Å². The fourth-order valence-corrected chi connectivity index (χ4v) is 2.35. The molecule has 0 saturated heterocycles. The SMILES string of the molecule is CC1(ON=C2CCCC2)OC(N)=C(C#N)C1=C(C#N)C#N. The Labute approximate surface area is 122 Å². The Morgan fingerprint density at radius 1 is 1.29 bits per heavy atom. The molecule has 2 rings (SSSR count). The summed E-state index contributed by atoms with van der Waals surface area (Å²) < 4.78 is 5.35. The van der Waals surface area contributed by atoms with Gasteiger partial charge in [0, 0.05) is 6.92 Å². The van der Waals surface area contributed by atoms with Gasteiger partial charge in [0.2, 0.25) is 5.88 Å². The van der Waals surface area contributed by atoms with Crippen molar-refractivity contribution < 1.29 is 9.57 Å². The predicted molar refractivity (Wildman–Crippen MR) is 71.6 cm³/mol. The van der Waals surface area contributed by atoms with Crippen molar-refractivity contribution in [3.05, 3.63) is 22.6 Å². The molecule has 0 spiro atoms. The molecule has 21 heavy (non-hydrogen) atoms. The number of allylic oxidation sites excluding steroid dienone is 1. The Bertz CT molecular complexity index is 660. The highest BCUT2D eigenvalue weighted by molar-refractivity contribution is 5.85. The average Bonchev–Trinajstić information content (AvgIpc) is 3.06. The zero-order valence-electron chi connectivity index (χ0n) is 11.5. The minimum Gasteiger partial charge on any atom is -0.430 e. The maximum atomic E-state index is 9.15. The quantitative estimate of drug-likeness (QED) is 0.606. The summed E-state index contributed by atoms with van der Waals surface area (Å²) in [6.45, 7) is 1.48. The summed E-state index contributed by atoms with van der Waals surface area (Å²) in [4.78, 5) is 5.41. The normalized spacial score (nSPS) is 23.9. The maximum absolute atomic E-state index is 9.15. The predicted octanol–water partition coefficient (Wildman–Crippen LogP) is 1.72. The molecule has 7 heteroatoms. The lowest BCUT2D eigenvalue weighted by molar-refractivity contribution is -0.165. The molecule has 0 amide bonds. The molecule has 0 radical (unpaired) electrons. The van der Waals surface area contributed by atoms with Gasteiger partial charge in [0.25, 0.3) is 0 Å². The first-order chi connectivity index (χ1) is 10.1. The standard InChI is InChI=1S/C14H13N5O2/c1-14(21-19-10-4-2-3-5-10)12(9(6-15)7-16)11(8-17)13(18)20-14/h2-5,18H2,1H3. The largest absolute Gasteiger partial charge is 0.430 e. The van der Waals surface area contributed by atoms with Crippen molar-refractivity contribution in [2.45, 2.75) is 38.4 Å². The molecule has 1 fully saturated rings. The van der Waals surface area contributed by atoms with Crippen LogP contribution in [0.25, 0.3) is 0 Å². The van der Waals surface area contributed by atoms with E-state index in [0.717, 1.165) is 31.4 Å². The summed E-state index contributed by atoms with van der Waals surface area (Å²) in [6, 6.07) is 5.30. The van der Waals surface area contributed by atoms with Gasteiger partial charge in [-0.15, -0.1) is 0 Å². The van der Waals surface area contributed by atoms with Gasteiger partial charge >= 0.3 is 5.79 Å². The lowest BCUT2D eigenvalue weighted by atomic mass is 9.97. The number of nitriles is 3. The molecular weight excluding hydrogens is 270 g/mol. The molecule has 2 aliphatic rings. The molecule has 0 aromatic heterocycles. The Morgan fingerprint density at radius 2 is 1.90 bits per heavy atom. The van der Waals surface area contributed by atoms with Crippen molar-refractivity contribution in [1.82, 2.24) is 0 Å². The van der Waals surface area contributed by atoms with Crippen LogP contribution in [0.4, 0.5) is 0 Å². The third-order valence-corrected chi connectivity index (χ3v) is 3.37. The van der Waals surface area contributed by atoms with Crippen LogP contribution in [-0.2, 0) is 9.57 Å². The second-order valence-corrected chi connectivity index (χ2v) is 4.83. The number of nitrogens with zero attached hydrogens (tertiary/aromatic N) is 4. The van der Waals surface area contributed by atoms with Crippen molar-refractivity contribution in [3.63, 3.8) is 0 Å². The van der Waals surface area contributed by atoms with Gasteiger partial charge in [-0.25, -0.2) is 0 Å². The average molecular weight is 283 g/mol. The topological polar surface area (TPSA) is 128 Å². The summed E-state index contributed by atoms with van der Waals surface area (Å²) in [5.74, 6) is -1.71. The summed E-state index contributed by atoms with van der Waals surface area (Å²) in [5, 5.41) is 31.3. The molecule has 0 bridgehead atoms. The van der Waals surface area contributed by atoms with Gasteiger partial charge in [-0.2, -0.15) is 15.8 Å². The van der Waals surface area contributed by atoms with Crippen LogP contribution in [0.15, 0.2) is 27.8 Å². The highest BCUT2D eigenvalue weighted by Gasteiger charge is 2.47. The van der Waals surface area contributed by atoms with E-state index in [0.29, 0.717) is 0 Å². The van der Waals surface area contributed by atoms with Crippen LogP contribution in [-0.4, -0.2) is 11.5 Å². The lowest BCUT2D eigenvalue weighted by Crippen LogP contribution is -2.30. The van der Waals surface area contributed by atoms with E-state index in [1.54, 1.807) is 12.1 Å². The molecule has 106 valence electrons. The van der Waals surface area contributed by atoms with E-state index < -0.39 is 5.79 Å². The molecule has 1 saturated carbocycles. The van der Waals surface area contributed by atoms with Gasteiger partial charge in [-0.3, -0.25) is 0 Å². The lowest BCUT2D eigenvalue weighted by Gasteiger charge is -2.23. The van der Waals surface area contributed by atoms with Gasteiger partial charge in [-0.1, -0.05) is 5.16 Å². The van der Waals surface area contributed by atoms with Crippen molar-refractivity contribution in [1.29, 1.82) is 15.8 Å². The summed E-state index contributed by atoms with van der Waals surface area (Å²) in [7, 11) is 0. The number of ether oxygens (including phenoxy) is 1. The first kappa shape index (κ1) is 14.4. The fourth-order valence-electron chi connectivity index (χ4n) is 2.35. The zero-order valence-corrected chi connectivity index (χ0v) is 11.5. The van der Waals surface area contributed by atoms with Gasteiger partial charge < -0.3 is 15.3 Å². The number of oxime groups is 1. The molecule has 0 aromatic carbocycles. The van der Waals surface area contributed by atoms with E-state index in [4.69, 9.17) is 31.1 Å². The Kier molecular flexibility index (Phi) is 3.82. The van der Waals surface area contributed by atoms with Crippen LogP contribution >= 0.6 is 0 Å². The summed E-state index contributed by atoms with van der Waals surface area (Å²) in [5.41, 5.74) is 6.21. The minimum absolute atomic E-state index is 0.0230. The zero-order chi connectivity index (χ0) is 15.5. The Morgan fingerprint density at radius 3 is 2.43 bits per heavy atom. The van der Waals surface area contributed by atoms with Gasteiger partial charge in [0.15, 0.2) is 0 Å². The first-order valence-electron chi connectivity index (χ1n) is 6.44. The second-order valence-electron chi connectivity index (χ2n) is 4.83. The van der Waals surface area contributed by atoms with Gasteiger partial charge in [0.05, 0.1) is 11.3 Å². The molecule has 1 heterocycles. The molecule has 7 nitrogen and oxygen atoms in total. The van der Waals surface area contributed by atoms with E-state index >= 15 is 0 Å². The third kappa shape index (κ3) is 2.52. The van der Waals surface area contributed by atoms with E-state index in [-0.39, 0.29) is 22.6 Å². The number of rotatable bonds is 2. The van der Waals surface area contributed by atoms with Crippen molar-refractivity contribution in [3.8, 4) is 18.2 Å². The summed E-state index contributed by atoms with van der Waals surface area (Å²) in [6.07, 6.45) is 3.78. The van der Waals surface area contributed by atoms with E-state index in [9.17, 15) is 0 Å². The van der Waals surface area contributed by atoms with E-state index in [2.05, 4.69) is 5.16 Å². The minimum atomic E-state index is -1.54. The van der Waals surface area contributed by atoms with Gasteiger partial charge in [0.1, 0.15) is 29.4 Å². The molecule has 1 unspecified atom stereocenters. The number of hydrogen-bond acceptors (Lipinski definition) is 7. The maximum Gasteiger partial charge on any atom is 0.304 e. The van der Waals surface area contributed by atoms with Crippen molar-refractivity contribution in [2.75, 3.05) is 0 Å². The number of nitrogens with two attached hydrogens (primary N) is 1. The molecule has 2 N–H and O–H groups in total. The van der Waals surface area contributed by atoms with Crippen LogP contribution in [0.5, 0.6) is 0 Å². The third-order valence-electron chi connectivity index (χ3n) is 3.37. The van der Waals surface area contributed by atoms with Crippen LogP contribution in [0, 0.1) is 34.0 Å². The smallest absolute Gasteiger partial charge is 0.304 e. The summed E-state index contributed by atoms with van der Waals surface area (Å²) >= 11 is 0. The fraction of sp³-hybridized carbons (Fsp3) is 0.429. The highest BCUT2D eigenvalue weighted by Crippen LogP contribution is 2.40.